The van der Waals surface area contributed by atoms with Gasteiger partial charge in [0.1, 0.15) is 5.01 Å². The van der Waals surface area contributed by atoms with Crippen LogP contribution in [-0.4, -0.2) is 35.7 Å². The lowest BCUT2D eigenvalue weighted by Crippen LogP contribution is -2.46. The van der Waals surface area contributed by atoms with Gasteiger partial charge in [-0.1, -0.05) is 0 Å². The Hall–Kier alpha value is -0.160. The van der Waals surface area contributed by atoms with Gasteiger partial charge < -0.3 is 4.74 Å². The summed E-state index contributed by atoms with van der Waals surface area (Å²) < 4.78 is 5.59. The van der Waals surface area contributed by atoms with E-state index in [1.807, 2.05) is 5.38 Å². The zero-order valence-electron chi connectivity index (χ0n) is 10.4. The molecule has 1 aliphatic rings. The van der Waals surface area contributed by atoms with Crippen LogP contribution in [0, 0.1) is 0 Å². The van der Waals surface area contributed by atoms with Gasteiger partial charge in [0.2, 0.25) is 0 Å². The quantitative estimate of drug-likeness (QED) is 0.790. The molecule has 0 saturated carbocycles. The molecular weight excluding hydrogens is 256 g/mol. The highest BCUT2D eigenvalue weighted by Gasteiger charge is 2.30. The van der Waals surface area contributed by atoms with E-state index >= 15 is 0 Å². The Bertz CT molecular complexity index is 371. The summed E-state index contributed by atoms with van der Waals surface area (Å²) in [5, 5.41) is 3.20. The predicted octanol–water partition coefficient (Wildman–Crippen LogP) is 2.88. The molecule has 0 spiro atoms. The number of ether oxygens (including phenoxy) is 1. The Morgan fingerprint density at radius 3 is 3.12 bits per heavy atom. The molecule has 0 bridgehead atoms. The second kappa shape index (κ2) is 5.65. The van der Waals surface area contributed by atoms with Gasteiger partial charge in [-0.05, 0) is 26.3 Å². The first-order chi connectivity index (χ1) is 8.15. The van der Waals surface area contributed by atoms with Crippen molar-refractivity contribution in [3.63, 3.8) is 0 Å². The normalized spacial score (nSPS) is 26.3. The summed E-state index contributed by atoms with van der Waals surface area (Å²) in [5.74, 6) is 0.506. The summed E-state index contributed by atoms with van der Waals surface area (Å²) in [6, 6.07) is 0. The number of thiazole rings is 1. The van der Waals surface area contributed by atoms with E-state index in [2.05, 4.69) is 16.8 Å². The Morgan fingerprint density at radius 2 is 2.47 bits per heavy atom. The number of hydrogen-bond acceptors (Lipinski definition) is 4. The number of piperidine rings is 1. The van der Waals surface area contributed by atoms with Crippen molar-refractivity contribution in [1.82, 2.24) is 9.88 Å². The second-order valence-corrected chi connectivity index (χ2v) is 6.04. The summed E-state index contributed by atoms with van der Waals surface area (Å²) in [6.07, 6.45) is 2.34. The maximum Gasteiger partial charge on any atom is 0.107 e. The zero-order valence-corrected chi connectivity index (χ0v) is 12.0. The number of likely N-dealkylation sites (tertiary alicyclic amines) is 1. The molecule has 1 fully saturated rings. The monoisotopic (exact) mass is 274 g/mol. The molecule has 0 N–H and O–H groups in total. The van der Waals surface area contributed by atoms with Gasteiger partial charge in [-0.2, -0.15) is 0 Å². The van der Waals surface area contributed by atoms with Crippen molar-refractivity contribution in [2.24, 2.45) is 0 Å². The fourth-order valence-electron chi connectivity index (χ4n) is 2.28. The number of hydrogen-bond donors (Lipinski definition) is 0. The highest BCUT2D eigenvalue weighted by atomic mass is 35.5. The second-order valence-electron chi connectivity index (χ2n) is 4.83. The topological polar surface area (TPSA) is 25.4 Å². The number of nitrogens with zero attached hydrogens (tertiary/aromatic N) is 2. The van der Waals surface area contributed by atoms with Crippen LogP contribution in [0.2, 0.25) is 0 Å². The Balaban J connectivity index is 1.94. The molecule has 0 amide bonds. The van der Waals surface area contributed by atoms with Gasteiger partial charge in [0, 0.05) is 19.0 Å². The minimum atomic E-state index is 0.00479. The van der Waals surface area contributed by atoms with Gasteiger partial charge in [-0.3, -0.25) is 4.90 Å². The fourth-order valence-corrected chi connectivity index (χ4v) is 3.35. The molecule has 5 heteroatoms. The fraction of sp³-hybridized carbons (Fsp3) is 0.750. The summed E-state index contributed by atoms with van der Waals surface area (Å²) in [7, 11) is 1.80. The number of rotatable bonds is 4. The maximum atomic E-state index is 5.76. The molecule has 0 radical (unpaired) electrons. The van der Waals surface area contributed by atoms with Crippen molar-refractivity contribution >= 4 is 22.9 Å². The molecule has 0 aromatic carbocycles. The minimum absolute atomic E-state index is 0.00479. The van der Waals surface area contributed by atoms with Crippen molar-refractivity contribution in [1.29, 1.82) is 0 Å². The smallest absolute Gasteiger partial charge is 0.107 e. The van der Waals surface area contributed by atoms with Crippen molar-refractivity contribution in [3.8, 4) is 0 Å². The molecule has 1 aliphatic heterocycles. The summed E-state index contributed by atoms with van der Waals surface area (Å²) in [5.41, 5.74) is 0.989. The van der Waals surface area contributed by atoms with Crippen LogP contribution in [0.4, 0.5) is 0 Å². The lowest BCUT2D eigenvalue weighted by atomic mass is 9.95. The summed E-state index contributed by atoms with van der Waals surface area (Å²) >= 11 is 7.46. The van der Waals surface area contributed by atoms with Crippen molar-refractivity contribution in [2.45, 2.75) is 37.8 Å². The van der Waals surface area contributed by atoms with Gasteiger partial charge in [0.05, 0.1) is 23.7 Å². The minimum Gasteiger partial charge on any atom is -0.377 e. The van der Waals surface area contributed by atoms with Crippen LogP contribution in [0.3, 0.4) is 0 Å². The molecule has 1 aromatic rings. The Kier molecular flexibility index (Phi) is 4.42. The van der Waals surface area contributed by atoms with Gasteiger partial charge >= 0.3 is 0 Å². The van der Waals surface area contributed by atoms with E-state index in [1.54, 1.807) is 18.4 Å². The maximum absolute atomic E-state index is 5.76. The third-order valence-corrected chi connectivity index (χ3v) is 4.48. The van der Waals surface area contributed by atoms with E-state index < -0.39 is 0 Å². The molecule has 0 aliphatic carbocycles. The highest BCUT2D eigenvalue weighted by molar-refractivity contribution is 7.09. The Morgan fingerprint density at radius 1 is 1.65 bits per heavy atom. The van der Waals surface area contributed by atoms with Crippen LogP contribution in [0.25, 0.3) is 0 Å². The highest BCUT2D eigenvalue weighted by Crippen LogP contribution is 2.25. The molecule has 17 heavy (non-hydrogen) atoms. The molecule has 2 heterocycles. The van der Waals surface area contributed by atoms with Gasteiger partial charge in [-0.15, -0.1) is 22.9 Å². The molecule has 3 nitrogen and oxygen atoms in total. The number of alkyl halides is 1. The molecule has 1 saturated heterocycles. The summed E-state index contributed by atoms with van der Waals surface area (Å²) in [4.78, 5) is 6.92. The van der Waals surface area contributed by atoms with E-state index in [-0.39, 0.29) is 5.60 Å². The van der Waals surface area contributed by atoms with Crippen LogP contribution in [0.5, 0.6) is 0 Å². The van der Waals surface area contributed by atoms with E-state index in [9.17, 15) is 0 Å². The molecule has 1 unspecified atom stereocenters. The number of methoxy groups -OCH3 is 1. The van der Waals surface area contributed by atoms with Crippen LogP contribution < -0.4 is 0 Å². The van der Waals surface area contributed by atoms with Gasteiger partial charge in [0.25, 0.3) is 0 Å². The zero-order chi connectivity index (χ0) is 12.3. The molecular formula is C12H19ClN2OS. The lowest BCUT2D eigenvalue weighted by molar-refractivity contribution is -0.0527. The van der Waals surface area contributed by atoms with E-state index in [0.29, 0.717) is 5.88 Å². The van der Waals surface area contributed by atoms with Crippen molar-refractivity contribution in [2.75, 3.05) is 20.2 Å². The average molecular weight is 275 g/mol. The molecule has 1 atom stereocenters. The average Bonchev–Trinajstić information content (AvgIpc) is 2.77. The van der Waals surface area contributed by atoms with Crippen LogP contribution in [0.1, 0.15) is 30.5 Å². The molecule has 2 rings (SSSR count). The molecule has 1 aromatic heterocycles. The van der Waals surface area contributed by atoms with Crippen LogP contribution in [0.15, 0.2) is 5.38 Å². The van der Waals surface area contributed by atoms with Crippen molar-refractivity contribution < 1.29 is 4.74 Å². The van der Waals surface area contributed by atoms with E-state index in [1.165, 1.54) is 6.42 Å². The third kappa shape index (κ3) is 3.41. The van der Waals surface area contributed by atoms with E-state index in [0.717, 1.165) is 36.8 Å². The van der Waals surface area contributed by atoms with Crippen LogP contribution >= 0.6 is 22.9 Å². The first kappa shape index (κ1) is 13.3. The molecule has 96 valence electrons. The summed E-state index contributed by atoms with van der Waals surface area (Å²) in [6.45, 7) is 5.22. The Labute approximate surface area is 112 Å². The lowest BCUT2D eigenvalue weighted by Gasteiger charge is -2.39. The van der Waals surface area contributed by atoms with Gasteiger partial charge in [-0.25, -0.2) is 4.98 Å². The van der Waals surface area contributed by atoms with E-state index in [4.69, 9.17) is 16.3 Å². The standard InChI is InChI=1S/C12H19ClN2OS/c1-12(16-2)4-3-5-15(9-12)7-11-14-10(6-13)8-17-11/h8H,3-7,9H2,1-2H3. The number of halogens is 1. The number of aromatic nitrogens is 1. The SMILES string of the molecule is COC1(C)CCCN(Cc2nc(CCl)cs2)C1. The van der Waals surface area contributed by atoms with Crippen LogP contribution in [-0.2, 0) is 17.2 Å². The van der Waals surface area contributed by atoms with Gasteiger partial charge in [0.15, 0.2) is 0 Å². The van der Waals surface area contributed by atoms with Crippen molar-refractivity contribution in [3.05, 3.63) is 16.1 Å². The first-order valence-corrected chi connectivity index (χ1v) is 7.33. The predicted molar refractivity (Wildman–Crippen MR) is 71.6 cm³/mol. The largest absolute Gasteiger partial charge is 0.377 e. The third-order valence-electron chi connectivity index (χ3n) is 3.33. The first-order valence-electron chi connectivity index (χ1n) is 5.92.